The zero-order valence-corrected chi connectivity index (χ0v) is 17.9. The summed E-state index contributed by atoms with van der Waals surface area (Å²) in [5.41, 5.74) is 1.89. The number of amides is 2. The number of hydrogen-bond donors (Lipinski definition) is 2. The second-order valence-corrected chi connectivity index (χ2v) is 7.80. The molecule has 0 saturated heterocycles. The van der Waals surface area contributed by atoms with E-state index in [0.717, 1.165) is 21.9 Å². The molecule has 0 spiro atoms. The quantitative estimate of drug-likeness (QED) is 0.582. The first-order valence-corrected chi connectivity index (χ1v) is 10.2. The van der Waals surface area contributed by atoms with Crippen LogP contribution in [-0.4, -0.2) is 43.9 Å². The van der Waals surface area contributed by atoms with Gasteiger partial charge < -0.3 is 15.5 Å². The molecule has 1 unspecified atom stereocenters. The Hall–Kier alpha value is -2.89. The van der Waals surface area contributed by atoms with Gasteiger partial charge in [-0.2, -0.15) is 0 Å². The van der Waals surface area contributed by atoms with Crippen LogP contribution >= 0.6 is 11.6 Å². The summed E-state index contributed by atoms with van der Waals surface area (Å²) < 4.78 is 0. The van der Waals surface area contributed by atoms with Crippen LogP contribution in [0.1, 0.15) is 17.2 Å². The van der Waals surface area contributed by atoms with Gasteiger partial charge in [0.2, 0.25) is 11.8 Å². The molecule has 2 amide bonds. The summed E-state index contributed by atoms with van der Waals surface area (Å²) in [5.74, 6) is -0.420. The molecule has 30 heavy (non-hydrogen) atoms. The van der Waals surface area contributed by atoms with Crippen molar-refractivity contribution in [1.82, 2.24) is 15.5 Å². The summed E-state index contributed by atoms with van der Waals surface area (Å²) in [6, 6.07) is 21.4. The molecule has 0 saturated carbocycles. The van der Waals surface area contributed by atoms with Gasteiger partial charge in [0, 0.05) is 11.6 Å². The zero-order valence-electron chi connectivity index (χ0n) is 17.2. The van der Waals surface area contributed by atoms with Crippen LogP contribution in [0.2, 0.25) is 5.02 Å². The van der Waals surface area contributed by atoms with Crippen molar-refractivity contribution in [2.24, 2.45) is 0 Å². The molecule has 0 aliphatic carbocycles. The third kappa shape index (κ3) is 5.59. The lowest BCUT2D eigenvalue weighted by Crippen LogP contribution is -2.41. The first-order valence-electron chi connectivity index (χ1n) is 9.86. The van der Waals surface area contributed by atoms with Crippen LogP contribution < -0.4 is 10.6 Å². The molecule has 0 heterocycles. The van der Waals surface area contributed by atoms with Gasteiger partial charge in [0.05, 0.1) is 19.0 Å². The summed E-state index contributed by atoms with van der Waals surface area (Å²) in [6.07, 6.45) is 0.231. The van der Waals surface area contributed by atoms with Crippen LogP contribution in [0.25, 0.3) is 10.8 Å². The maximum Gasteiger partial charge on any atom is 0.239 e. The van der Waals surface area contributed by atoms with Crippen molar-refractivity contribution in [1.29, 1.82) is 0 Å². The molecule has 3 aromatic rings. The van der Waals surface area contributed by atoms with E-state index in [0.29, 0.717) is 11.6 Å². The Morgan fingerprint density at radius 3 is 2.37 bits per heavy atom. The topological polar surface area (TPSA) is 61.4 Å². The van der Waals surface area contributed by atoms with E-state index in [1.165, 1.54) is 0 Å². The van der Waals surface area contributed by atoms with E-state index < -0.39 is 0 Å². The number of nitrogens with one attached hydrogen (secondary N) is 2. The first kappa shape index (κ1) is 21.8. The molecule has 1 atom stereocenters. The highest BCUT2D eigenvalue weighted by atomic mass is 35.5. The highest BCUT2D eigenvalue weighted by Gasteiger charge is 2.18. The number of fused-ring (bicyclic) bond motifs is 1. The number of halogens is 1. The van der Waals surface area contributed by atoms with Crippen LogP contribution in [0.15, 0.2) is 66.7 Å². The molecule has 5 nitrogen and oxygen atoms in total. The van der Waals surface area contributed by atoms with Crippen molar-refractivity contribution in [3.63, 3.8) is 0 Å². The fourth-order valence-electron chi connectivity index (χ4n) is 3.45. The molecule has 0 fully saturated rings. The molecule has 3 aromatic carbocycles. The van der Waals surface area contributed by atoms with Crippen molar-refractivity contribution in [2.75, 3.05) is 27.2 Å². The van der Waals surface area contributed by atoms with E-state index in [-0.39, 0.29) is 30.8 Å². The number of nitrogens with zero attached hydrogens (tertiary/aromatic N) is 1. The molecular formula is C24H26ClN3O2. The van der Waals surface area contributed by atoms with Gasteiger partial charge in [-0.05, 0) is 42.1 Å². The maximum atomic E-state index is 12.4. The summed E-state index contributed by atoms with van der Waals surface area (Å²) in [5, 5.41) is 8.40. The number of likely N-dealkylation sites (N-methyl/N-ethyl adjacent to an activating group) is 1. The van der Waals surface area contributed by atoms with Gasteiger partial charge in [0.15, 0.2) is 0 Å². The van der Waals surface area contributed by atoms with E-state index in [1.54, 1.807) is 0 Å². The van der Waals surface area contributed by atoms with E-state index in [1.807, 2.05) is 85.7 Å². The highest BCUT2D eigenvalue weighted by Crippen LogP contribution is 2.25. The zero-order chi connectivity index (χ0) is 21.5. The van der Waals surface area contributed by atoms with Gasteiger partial charge >= 0.3 is 0 Å². The average Bonchev–Trinajstić information content (AvgIpc) is 2.74. The molecule has 156 valence electrons. The van der Waals surface area contributed by atoms with Crippen molar-refractivity contribution >= 4 is 34.2 Å². The third-order valence-corrected chi connectivity index (χ3v) is 5.40. The molecule has 0 aliphatic heterocycles. The first-order chi connectivity index (χ1) is 14.5. The normalized spacial score (nSPS) is 12.0. The van der Waals surface area contributed by atoms with Crippen LogP contribution in [0, 0.1) is 0 Å². The standard InChI is InChI=1S/C24H26ClN3O2/c1-28(2)22(20-12-5-6-13-21(20)25)15-26-24(30)16-27-23(29)14-18-10-7-9-17-8-3-4-11-19(17)18/h3-13,22H,14-16H2,1-2H3,(H,26,30)(H,27,29). The number of benzene rings is 3. The van der Waals surface area contributed by atoms with Gasteiger partial charge in [0.1, 0.15) is 0 Å². The minimum absolute atomic E-state index is 0.0611. The molecule has 0 radical (unpaired) electrons. The largest absolute Gasteiger partial charge is 0.353 e. The molecule has 6 heteroatoms. The Balaban J connectivity index is 1.52. The van der Waals surface area contributed by atoms with Crippen LogP contribution in [-0.2, 0) is 16.0 Å². The van der Waals surface area contributed by atoms with Gasteiger partial charge in [-0.3, -0.25) is 9.59 Å². The van der Waals surface area contributed by atoms with Crippen molar-refractivity contribution in [2.45, 2.75) is 12.5 Å². The Bertz CT molecular complexity index is 1030. The van der Waals surface area contributed by atoms with Crippen molar-refractivity contribution in [3.05, 3.63) is 82.9 Å². The van der Waals surface area contributed by atoms with Gasteiger partial charge in [0.25, 0.3) is 0 Å². The second-order valence-electron chi connectivity index (χ2n) is 7.40. The fourth-order valence-corrected chi connectivity index (χ4v) is 3.71. The van der Waals surface area contributed by atoms with E-state index in [2.05, 4.69) is 10.6 Å². The molecule has 2 N–H and O–H groups in total. The lowest BCUT2D eigenvalue weighted by Gasteiger charge is -2.26. The summed E-state index contributed by atoms with van der Waals surface area (Å²) in [6.45, 7) is 0.334. The molecule has 0 aliphatic rings. The monoisotopic (exact) mass is 423 g/mol. The lowest BCUT2D eigenvalue weighted by molar-refractivity contribution is -0.125. The summed E-state index contributed by atoms with van der Waals surface area (Å²) in [7, 11) is 3.87. The van der Waals surface area contributed by atoms with Crippen molar-refractivity contribution < 1.29 is 9.59 Å². The van der Waals surface area contributed by atoms with Crippen LogP contribution in [0.4, 0.5) is 0 Å². The van der Waals surface area contributed by atoms with Gasteiger partial charge in [-0.1, -0.05) is 72.3 Å². The minimum atomic E-state index is -0.236. The van der Waals surface area contributed by atoms with Crippen molar-refractivity contribution in [3.8, 4) is 0 Å². The fraction of sp³-hybridized carbons (Fsp3) is 0.250. The van der Waals surface area contributed by atoms with E-state index >= 15 is 0 Å². The Morgan fingerprint density at radius 2 is 1.60 bits per heavy atom. The minimum Gasteiger partial charge on any atom is -0.353 e. The molecule has 0 aromatic heterocycles. The number of carbonyl (C=O) groups excluding carboxylic acids is 2. The molecule has 3 rings (SSSR count). The SMILES string of the molecule is CN(C)C(CNC(=O)CNC(=O)Cc1cccc2ccccc12)c1ccccc1Cl. The van der Waals surface area contributed by atoms with E-state index in [9.17, 15) is 9.59 Å². The Labute approximate surface area is 182 Å². The number of rotatable bonds is 8. The summed E-state index contributed by atoms with van der Waals surface area (Å²) >= 11 is 6.30. The average molecular weight is 424 g/mol. The molecule has 0 bridgehead atoms. The van der Waals surface area contributed by atoms with Gasteiger partial charge in [-0.15, -0.1) is 0 Å². The van der Waals surface area contributed by atoms with Crippen LogP contribution in [0.3, 0.4) is 0 Å². The number of hydrogen-bond acceptors (Lipinski definition) is 3. The van der Waals surface area contributed by atoms with E-state index in [4.69, 9.17) is 11.6 Å². The lowest BCUT2D eigenvalue weighted by atomic mass is 10.0. The number of carbonyl (C=O) groups is 2. The predicted octanol–water partition coefficient (Wildman–Crippen LogP) is 3.57. The Kier molecular flexibility index (Phi) is 7.44. The second kappa shape index (κ2) is 10.2. The van der Waals surface area contributed by atoms with Gasteiger partial charge in [-0.25, -0.2) is 0 Å². The van der Waals surface area contributed by atoms with Crippen LogP contribution in [0.5, 0.6) is 0 Å². The molecular weight excluding hydrogens is 398 g/mol. The highest BCUT2D eigenvalue weighted by molar-refractivity contribution is 6.31. The Morgan fingerprint density at radius 1 is 0.900 bits per heavy atom. The smallest absolute Gasteiger partial charge is 0.239 e. The maximum absolute atomic E-state index is 12.4. The third-order valence-electron chi connectivity index (χ3n) is 5.06. The summed E-state index contributed by atoms with van der Waals surface area (Å²) in [4.78, 5) is 26.6. The predicted molar refractivity (Wildman–Crippen MR) is 122 cm³/mol.